The Kier molecular flexibility index (Phi) is 7.76. The number of carbonyl (C=O) groups is 2. The molecule has 0 heterocycles. The highest BCUT2D eigenvalue weighted by Crippen LogP contribution is 2.24. The molecule has 0 saturated carbocycles. The van der Waals surface area contributed by atoms with Gasteiger partial charge >= 0.3 is 0 Å². The Morgan fingerprint density at radius 1 is 1.00 bits per heavy atom. The predicted molar refractivity (Wildman–Crippen MR) is 114 cm³/mol. The molecule has 0 aliphatic heterocycles. The fraction of sp³-hybridized carbons (Fsp3) is 0.391. The lowest BCUT2D eigenvalue weighted by Crippen LogP contribution is -2.43. The largest absolute Gasteiger partial charge is 0.342 e. The average Bonchev–Trinajstić information content (AvgIpc) is 2.66. The molecule has 5 heteroatoms. The number of carbonyl (C=O) groups excluding carboxylic acids is 2. The zero-order valence-corrected chi connectivity index (χ0v) is 17.5. The minimum absolute atomic E-state index is 0.0213. The Morgan fingerprint density at radius 2 is 1.64 bits per heavy atom. The van der Waals surface area contributed by atoms with Gasteiger partial charge in [0.1, 0.15) is 6.04 Å². The summed E-state index contributed by atoms with van der Waals surface area (Å²) in [5.41, 5.74) is 3.75. The molecule has 0 fully saturated rings. The predicted octanol–water partition coefficient (Wildman–Crippen LogP) is 3.78. The number of benzene rings is 2. The first-order valence-electron chi connectivity index (χ1n) is 9.78. The molecular weight excluding hydrogens is 350 g/mol. The van der Waals surface area contributed by atoms with Gasteiger partial charge in [-0.3, -0.25) is 14.5 Å². The molecule has 0 saturated heterocycles. The Morgan fingerprint density at radius 3 is 2.25 bits per heavy atom. The van der Waals surface area contributed by atoms with Gasteiger partial charge in [-0.25, -0.2) is 0 Å². The fourth-order valence-corrected chi connectivity index (χ4v) is 3.29. The lowest BCUT2D eigenvalue weighted by molar-refractivity contribution is -0.133. The second kappa shape index (κ2) is 10.0. The fourth-order valence-electron chi connectivity index (χ4n) is 3.29. The van der Waals surface area contributed by atoms with Crippen molar-refractivity contribution in [3.05, 3.63) is 65.2 Å². The van der Waals surface area contributed by atoms with Gasteiger partial charge in [0.15, 0.2) is 0 Å². The molecule has 2 aromatic carbocycles. The van der Waals surface area contributed by atoms with Gasteiger partial charge in [-0.05, 0) is 57.5 Å². The summed E-state index contributed by atoms with van der Waals surface area (Å²) in [7, 11) is 1.82. The van der Waals surface area contributed by atoms with Crippen molar-refractivity contribution in [3.63, 3.8) is 0 Å². The van der Waals surface area contributed by atoms with Crippen LogP contribution in [0.15, 0.2) is 48.5 Å². The highest BCUT2D eigenvalue weighted by molar-refractivity contribution is 5.96. The van der Waals surface area contributed by atoms with E-state index in [4.69, 9.17) is 0 Å². The number of rotatable bonds is 8. The lowest BCUT2D eigenvalue weighted by atomic mass is 10.0. The van der Waals surface area contributed by atoms with E-state index in [1.807, 2.05) is 88.2 Å². The molecule has 2 amide bonds. The van der Waals surface area contributed by atoms with Gasteiger partial charge in [0.05, 0.1) is 6.54 Å². The van der Waals surface area contributed by atoms with E-state index < -0.39 is 6.04 Å². The highest BCUT2D eigenvalue weighted by Gasteiger charge is 2.27. The minimum atomic E-state index is -0.555. The monoisotopic (exact) mass is 381 g/mol. The van der Waals surface area contributed by atoms with Gasteiger partial charge in [-0.15, -0.1) is 0 Å². The Balaban J connectivity index is 2.28. The van der Waals surface area contributed by atoms with Crippen LogP contribution in [0.2, 0.25) is 0 Å². The van der Waals surface area contributed by atoms with E-state index in [0.29, 0.717) is 13.1 Å². The average molecular weight is 382 g/mol. The molecule has 0 aliphatic rings. The number of hydrogen-bond acceptors (Lipinski definition) is 3. The normalized spacial score (nSPS) is 11.9. The first kappa shape index (κ1) is 21.6. The van der Waals surface area contributed by atoms with Crippen molar-refractivity contribution in [1.82, 2.24) is 9.80 Å². The van der Waals surface area contributed by atoms with Crippen LogP contribution >= 0.6 is 0 Å². The van der Waals surface area contributed by atoms with Crippen molar-refractivity contribution in [2.75, 3.05) is 32.0 Å². The van der Waals surface area contributed by atoms with E-state index >= 15 is 0 Å². The molecular formula is C23H31N3O2. The van der Waals surface area contributed by atoms with E-state index in [0.717, 1.165) is 22.4 Å². The number of amides is 2. The summed E-state index contributed by atoms with van der Waals surface area (Å²) in [6.45, 7) is 9.40. The van der Waals surface area contributed by atoms with Gasteiger partial charge in [0, 0.05) is 18.8 Å². The summed E-state index contributed by atoms with van der Waals surface area (Å²) >= 11 is 0. The zero-order valence-electron chi connectivity index (χ0n) is 17.5. The first-order valence-corrected chi connectivity index (χ1v) is 9.78. The van der Waals surface area contributed by atoms with E-state index in [1.165, 1.54) is 0 Å². The van der Waals surface area contributed by atoms with Crippen LogP contribution in [0.4, 0.5) is 5.69 Å². The number of nitrogens with zero attached hydrogens (tertiary/aromatic N) is 2. The minimum Gasteiger partial charge on any atom is -0.342 e. The number of hydrogen-bond donors (Lipinski definition) is 1. The third-order valence-electron chi connectivity index (χ3n) is 4.96. The van der Waals surface area contributed by atoms with Crippen LogP contribution in [0, 0.1) is 13.8 Å². The second-order valence-electron chi connectivity index (χ2n) is 7.10. The third kappa shape index (κ3) is 5.42. The smallest absolute Gasteiger partial charge is 0.246 e. The SMILES string of the molecule is CCN(CC)C(=O)CN(C)C(C(=O)Nc1cc(C)ccc1C)c1ccccc1. The van der Waals surface area contributed by atoms with Crippen LogP contribution in [0.25, 0.3) is 0 Å². The third-order valence-corrected chi connectivity index (χ3v) is 4.96. The molecule has 1 atom stereocenters. The number of aryl methyl sites for hydroxylation is 2. The van der Waals surface area contributed by atoms with Crippen molar-refractivity contribution in [2.24, 2.45) is 0 Å². The Bertz CT molecular complexity index is 801. The molecule has 2 aromatic rings. The maximum atomic E-state index is 13.2. The molecule has 0 bridgehead atoms. The molecule has 5 nitrogen and oxygen atoms in total. The molecule has 150 valence electrons. The Hall–Kier alpha value is -2.66. The van der Waals surface area contributed by atoms with E-state index in [-0.39, 0.29) is 18.4 Å². The van der Waals surface area contributed by atoms with Crippen molar-refractivity contribution in [1.29, 1.82) is 0 Å². The molecule has 0 spiro atoms. The van der Waals surface area contributed by atoms with Crippen LogP contribution in [0.3, 0.4) is 0 Å². The van der Waals surface area contributed by atoms with Gasteiger partial charge in [0.25, 0.3) is 0 Å². The topological polar surface area (TPSA) is 52.7 Å². The van der Waals surface area contributed by atoms with Gasteiger partial charge in [0.2, 0.25) is 11.8 Å². The quantitative estimate of drug-likeness (QED) is 0.757. The molecule has 1 N–H and O–H groups in total. The van der Waals surface area contributed by atoms with E-state index in [1.54, 1.807) is 4.90 Å². The van der Waals surface area contributed by atoms with Crippen LogP contribution < -0.4 is 5.32 Å². The lowest BCUT2D eigenvalue weighted by Gasteiger charge is -2.29. The van der Waals surface area contributed by atoms with Crippen molar-refractivity contribution < 1.29 is 9.59 Å². The molecule has 1 unspecified atom stereocenters. The van der Waals surface area contributed by atoms with Crippen molar-refractivity contribution >= 4 is 17.5 Å². The summed E-state index contributed by atoms with van der Waals surface area (Å²) in [6, 6.07) is 15.0. The molecule has 28 heavy (non-hydrogen) atoms. The summed E-state index contributed by atoms with van der Waals surface area (Å²) < 4.78 is 0. The summed E-state index contributed by atoms with van der Waals surface area (Å²) in [5.74, 6) is -0.122. The van der Waals surface area contributed by atoms with E-state index in [2.05, 4.69) is 5.32 Å². The number of nitrogens with one attached hydrogen (secondary N) is 1. The maximum absolute atomic E-state index is 13.2. The van der Waals surface area contributed by atoms with Crippen molar-refractivity contribution in [2.45, 2.75) is 33.7 Å². The van der Waals surface area contributed by atoms with Crippen LogP contribution in [0.5, 0.6) is 0 Å². The molecule has 0 radical (unpaired) electrons. The second-order valence-corrected chi connectivity index (χ2v) is 7.10. The number of likely N-dealkylation sites (N-methyl/N-ethyl adjacent to an activating group) is 2. The zero-order chi connectivity index (χ0) is 20.7. The molecule has 2 rings (SSSR count). The number of anilines is 1. The summed E-state index contributed by atoms with van der Waals surface area (Å²) in [5, 5.41) is 3.06. The van der Waals surface area contributed by atoms with Crippen LogP contribution in [0.1, 0.15) is 36.6 Å². The molecule has 0 aromatic heterocycles. The van der Waals surface area contributed by atoms with Gasteiger partial charge < -0.3 is 10.2 Å². The van der Waals surface area contributed by atoms with Crippen LogP contribution in [-0.2, 0) is 9.59 Å². The summed E-state index contributed by atoms with van der Waals surface area (Å²) in [6.07, 6.45) is 0. The highest BCUT2D eigenvalue weighted by atomic mass is 16.2. The standard InChI is InChI=1S/C23H31N3O2/c1-6-26(7-2)21(27)16-25(5)22(19-11-9-8-10-12-19)23(28)24-20-15-17(3)13-14-18(20)4/h8-15,22H,6-7,16H2,1-5H3,(H,24,28). The van der Waals surface area contributed by atoms with Crippen molar-refractivity contribution in [3.8, 4) is 0 Å². The maximum Gasteiger partial charge on any atom is 0.246 e. The van der Waals surface area contributed by atoms with Crippen LogP contribution in [-0.4, -0.2) is 48.3 Å². The first-order chi connectivity index (χ1) is 13.4. The van der Waals surface area contributed by atoms with E-state index in [9.17, 15) is 9.59 Å². The Labute approximate surface area is 168 Å². The van der Waals surface area contributed by atoms with Gasteiger partial charge in [-0.1, -0.05) is 42.5 Å². The molecule has 0 aliphatic carbocycles. The van der Waals surface area contributed by atoms with Gasteiger partial charge in [-0.2, -0.15) is 0 Å². The summed E-state index contributed by atoms with van der Waals surface area (Å²) in [4.78, 5) is 29.4.